The predicted molar refractivity (Wildman–Crippen MR) is 85.1 cm³/mol. The molecule has 0 aliphatic heterocycles. The SMILES string of the molecule is CCCCn1c(CCCN)nc2cc(OC)c(OC)cc21. The molecule has 0 bridgehead atoms. The molecule has 0 amide bonds. The van der Waals surface area contributed by atoms with Crippen molar-refractivity contribution in [2.75, 3.05) is 20.8 Å². The first-order valence-electron chi connectivity index (χ1n) is 7.56. The van der Waals surface area contributed by atoms with Crippen LogP contribution in [0.4, 0.5) is 0 Å². The lowest BCUT2D eigenvalue weighted by atomic mass is 10.2. The van der Waals surface area contributed by atoms with Gasteiger partial charge in [0.25, 0.3) is 0 Å². The Morgan fingerprint density at radius 3 is 2.48 bits per heavy atom. The summed E-state index contributed by atoms with van der Waals surface area (Å²) in [7, 11) is 3.30. The average Bonchev–Trinajstić information content (AvgIpc) is 2.85. The fourth-order valence-electron chi connectivity index (χ4n) is 2.52. The quantitative estimate of drug-likeness (QED) is 0.812. The number of methoxy groups -OCH3 is 2. The largest absolute Gasteiger partial charge is 0.493 e. The van der Waals surface area contributed by atoms with Crippen molar-refractivity contribution in [3.63, 3.8) is 0 Å². The number of fused-ring (bicyclic) bond motifs is 1. The number of ether oxygens (including phenoxy) is 2. The summed E-state index contributed by atoms with van der Waals surface area (Å²) < 4.78 is 13.1. The molecule has 0 spiro atoms. The van der Waals surface area contributed by atoms with E-state index in [0.717, 1.165) is 60.6 Å². The van der Waals surface area contributed by atoms with E-state index in [-0.39, 0.29) is 0 Å². The van der Waals surface area contributed by atoms with Crippen LogP contribution in [0.15, 0.2) is 12.1 Å². The predicted octanol–water partition coefficient (Wildman–Crippen LogP) is 2.74. The average molecular weight is 291 g/mol. The maximum absolute atomic E-state index is 5.64. The molecule has 5 heteroatoms. The highest BCUT2D eigenvalue weighted by Gasteiger charge is 2.14. The Morgan fingerprint density at radius 2 is 1.86 bits per heavy atom. The smallest absolute Gasteiger partial charge is 0.163 e. The zero-order valence-corrected chi connectivity index (χ0v) is 13.2. The fourth-order valence-corrected chi connectivity index (χ4v) is 2.52. The summed E-state index contributed by atoms with van der Waals surface area (Å²) in [4.78, 5) is 4.76. The van der Waals surface area contributed by atoms with Gasteiger partial charge in [0, 0.05) is 25.1 Å². The Balaban J connectivity index is 2.50. The van der Waals surface area contributed by atoms with Crippen LogP contribution in [0.5, 0.6) is 11.5 Å². The number of hydrogen-bond donors (Lipinski definition) is 1. The summed E-state index contributed by atoms with van der Waals surface area (Å²) in [5, 5.41) is 0. The molecular weight excluding hydrogens is 266 g/mol. The number of benzene rings is 1. The maximum atomic E-state index is 5.64. The lowest BCUT2D eigenvalue weighted by Crippen LogP contribution is -2.07. The summed E-state index contributed by atoms with van der Waals surface area (Å²) >= 11 is 0. The number of nitrogens with zero attached hydrogens (tertiary/aromatic N) is 2. The number of aromatic nitrogens is 2. The molecule has 0 aliphatic rings. The van der Waals surface area contributed by atoms with E-state index >= 15 is 0 Å². The maximum Gasteiger partial charge on any atom is 0.163 e. The summed E-state index contributed by atoms with van der Waals surface area (Å²) in [5.41, 5.74) is 7.69. The molecule has 1 aromatic heterocycles. The minimum absolute atomic E-state index is 0.684. The van der Waals surface area contributed by atoms with Gasteiger partial charge in [0.15, 0.2) is 11.5 Å². The number of nitrogens with two attached hydrogens (primary N) is 1. The molecular formula is C16H25N3O2. The molecule has 0 atom stereocenters. The van der Waals surface area contributed by atoms with Crippen LogP contribution >= 0.6 is 0 Å². The van der Waals surface area contributed by atoms with E-state index in [1.54, 1.807) is 14.2 Å². The van der Waals surface area contributed by atoms with E-state index in [2.05, 4.69) is 11.5 Å². The van der Waals surface area contributed by atoms with Gasteiger partial charge in [0.1, 0.15) is 5.82 Å². The number of imidazole rings is 1. The molecule has 0 unspecified atom stereocenters. The van der Waals surface area contributed by atoms with Crippen molar-refractivity contribution >= 4 is 11.0 Å². The van der Waals surface area contributed by atoms with Crippen LogP contribution in [0.2, 0.25) is 0 Å². The molecule has 0 aliphatic carbocycles. The molecule has 2 aromatic rings. The molecule has 5 nitrogen and oxygen atoms in total. The van der Waals surface area contributed by atoms with Crippen LogP contribution in [-0.2, 0) is 13.0 Å². The molecule has 1 aromatic carbocycles. The fraction of sp³-hybridized carbons (Fsp3) is 0.562. The molecule has 21 heavy (non-hydrogen) atoms. The third-order valence-corrected chi connectivity index (χ3v) is 3.67. The first-order chi connectivity index (χ1) is 10.2. The highest BCUT2D eigenvalue weighted by atomic mass is 16.5. The van der Waals surface area contributed by atoms with E-state index in [9.17, 15) is 0 Å². The Bertz CT molecular complexity index is 593. The van der Waals surface area contributed by atoms with Gasteiger partial charge in [0.2, 0.25) is 0 Å². The van der Waals surface area contributed by atoms with Crippen molar-refractivity contribution in [2.45, 2.75) is 39.2 Å². The van der Waals surface area contributed by atoms with Crippen LogP contribution < -0.4 is 15.2 Å². The number of hydrogen-bond acceptors (Lipinski definition) is 4. The highest BCUT2D eigenvalue weighted by Crippen LogP contribution is 2.32. The van der Waals surface area contributed by atoms with E-state index in [1.807, 2.05) is 12.1 Å². The van der Waals surface area contributed by atoms with Crippen LogP contribution in [-0.4, -0.2) is 30.3 Å². The first kappa shape index (κ1) is 15.6. The van der Waals surface area contributed by atoms with E-state index in [0.29, 0.717) is 6.54 Å². The van der Waals surface area contributed by atoms with Gasteiger partial charge < -0.3 is 19.8 Å². The molecule has 0 radical (unpaired) electrons. The van der Waals surface area contributed by atoms with Crippen LogP contribution in [0.25, 0.3) is 11.0 Å². The Kier molecular flexibility index (Phi) is 5.44. The minimum atomic E-state index is 0.684. The molecule has 116 valence electrons. The molecule has 1 heterocycles. The zero-order chi connectivity index (χ0) is 15.2. The second-order valence-electron chi connectivity index (χ2n) is 5.12. The molecule has 0 fully saturated rings. The monoisotopic (exact) mass is 291 g/mol. The van der Waals surface area contributed by atoms with E-state index in [1.165, 1.54) is 0 Å². The van der Waals surface area contributed by atoms with Gasteiger partial charge in [-0.1, -0.05) is 13.3 Å². The Hall–Kier alpha value is -1.75. The molecule has 2 N–H and O–H groups in total. The van der Waals surface area contributed by atoms with Crippen molar-refractivity contribution in [1.29, 1.82) is 0 Å². The van der Waals surface area contributed by atoms with E-state index in [4.69, 9.17) is 20.2 Å². The Morgan fingerprint density at radius 1 is 1.14 bits per heavy atom. The lowest BCUT2D eigenvalue weighted by molar-refractivity contribution is 0.355. The second kappa shape index (κ2) is 7.31. The summed E-state index contributed by atoms with van der Waals surface area (Å²) in [5.74, 6) is 2.56. The van der Waals surface area contributed by atoms with Gasteiger partial charge >= 0.3 is 0 Å². The van der Waals surface area contributed by atoms with Crippen LogP contribution in [0.1, 0.15) is 32.0 Å². The standard InChI is InChI=1S/C16H25N3O2/c1-4-5-9-19-13-11-15(21-3)14(20-2)10-12(13)18-16(19)7-6-8-17/h10-11H,4-9,17H2,1-3H3. The van der Waals surface area contributed by atoms with Gasteiger partial charge in [-0.15, -0.1) is 0 Å². The third-order valence-electron chi connectivity index (χ3n) is 3.67. The van der Waals surface area contributed by atoms with Crippen molar-refractivity contribution in [2.24, 2.45) is 5.73 Å². The number of aryl methyl sites for hydroxylation is 2. The summed E-state index contributed by atoms with van der Waals surface area (Å²) in [6, 6.07) is 3.96. The second-order valence-corrected chi connectivity index (χ2v) is 5.12. The van der Waals surface area contributed by atoms with Crippen molar-refractivity contribution in [3.8, 4) is 11.5 Å². The van der Waals surface area contributed by atoms with Crippen molar-refractivity contribution in [3.05, 3.63) is 18.0 Å². The first-order valence-corrected chi connectivity index (χ1v) is 7.56. The highest BCUT2D eigenvalue weighted by molar-refractivity contribution is 5.80. The van der Waals surface area contributed by atoms with E-state index < -0.39 is 0 Å². The van der Waals surface area contributed by atoms with Crippen molar-refractivity contribution in [1.82, 2.24) is 9.55 Å². The van der Waals surface area contributed by atoms with Gasteiger partial charge in [0.05, 0.1) is 25.3 Å². The topological polar surface area (TPSA) is 62.3 Å². The molecule has 0 saturated heterocycles. The normalized spacial score (nSPS) is 11.0. The number of unbranched alkanes of at least 4 members (excludes halogenated alkanes) is 1. The lowest BCUT2D eigenvalue weighted by Gasteiger charge is -2.10. The Labute approximate surface area is 126 Å². The van der Waals surface area contributed by atoms with Gasteiger partial charge in [-0.3, -0.25) is 0 Å². The molecule has 0 saturated carbocycles. The van der Waals surface area contributed by atoms with Crippen molar-refractivity contribution < 1.29 is 9.47 Å². The van der Waals surface area contributed by atoms with Gasteiger partial charge in [-0.25, -0.2) is 4.98 Å². The van der Waals surface area contributed by atoms with Gasteiger partial charge in [-0.05, 0) is 19.4 Å². The number of rotatable bonds is 8. The summed E-state index contributed by atoms with van der Waals surface area (Å²) in [6.45, 7) is 3.86. The van der Waals surface area contributed by atoms with Crippen LogP contribution in [0.3, 0.4) is 0 Å². The third kappa shape index (κ3) is 3.29. The van der Waals surface area contributed by atoms with Crippen LogP contribution in [0, 0.1) is 0 Å². The molecule has 2 rings (SSSR count). The zero-order valence-electron chi connectivity index (χ0n) is 13.2. The minimum Gasteiger partial charge on any atom is -0.493 e. The van der Waals surface area contributed by atoms with Gasteiger partial charge in [-0.2, -0.15) is 0 Å². The summed E-state index contributed by atoms with van der Waals surface area (Å²) in [6.07, 6.45) is 4.14.